The van der Waals surface area contributed by atoms with Gasteiger partial charge >= 0.3 is 0 Å². The van der Waals surface area contributed by atoms with Crippen LogP contribution in [0.4, 0.5) is 0 Å². The number of hydrogen-bond donors (Lipinski definition) is 0. The third-order valence-corrected chi connectivity index (χ3v) is 4.41. The molecule has 1 aromatic carbocycles. The lowest BCUT2D eigenvalue weighted by molar-refractivity contribution is -0.0203. The molecule has 7 nitrogen and oxygen atoms in total. The SMILES string of the molecule is CCCCN1CCOC[C@@H]1c1nc(-c2ccc(OC)c(OC)c2)no1. The van der Waals surface area contributed by atoms with E-state index >= 15 is 0 Å². The van der Waals surface area contributed by atoms with Gasteiger partial charge in [-0.15, -0.1) is 0 Å². The Balaban J connectivity index is 1.81. The van der Waals surface area contributed by atoms with Gasteiger partial charge in [-0.3, -0.25) is 4.90 Å². The molecule has 7 heteroatoms. The number of rotatable bonds is 7. The molecule has 0 aliphatic carbocycles. The lowest BCUT2D eigenvalue weighted by Crippen LogP contribution is -2.40. The van der Waals surface area contributed by atoms with E-state index in [0.717, 1.165) is 38.1 Å². The van der Waals surface area contributed by atoms with Crippen LogP contribution in [0, 0.1) is 0 Å². The predicted molar refractivity (Wildman–Crippen MR) is 92.9 cm³/mol. The molecule has 0 amide bonds. The molecule has 3 rings (SSSR count). The molecule has 0 N–H and O–H groups in total. The van der Waals surface area contributed by atoms with Crippen molar-refractivity contribution in [2.45, 2.75) is 25.8 Å². The zero-order valence-corrected chi connectivity index (χ0v) is 15.0. The first-order chi connectivity index (χ1) is 12.3. The van der Waals surface area contributed by atoms with Crippen LogP contribution in [-0.4, -0.2) is 55.6 Å². The lowest BCUT2D eigenvalue weighted by atomic mass is 10.2. The van der Waals surface area contributed by atoms with E-state index in [1.807, 2.05) is 18.2 Å². The average Bonchev–Trinajstić information content (AvgIpc) is 3.16. The molecule has 1 fully saturated rings. The van der Waals surface area contributed by atoms with Crippen LogP contribution in [0.2, 0.25) is 0 Å². The van der Waals surface area contributed by atoms with Gasteiger partial charge in [0.05, 0.1) is 27.4 Å². The van der Waals surface area contributed by atoms with E-state index < -0.39 is 0 Å². The van der Waals surface area contributed by atoms with E-state index in [-0.39, 0.29) is 6.04 Å². The van der Waals surface area contributed by atoms with Crippen molar-refractivity contribution >= 4 is 0 Å². The second kappa shape index (κ2) is 8.31. The van der Waals surface area contributed by atoms with Gasteiger partial charge in [-0.1, -0.05) is 18.5 Å². The average molecular weight is 347 g/mol. The van der Waals surface area contributed by atoms with Gasteiger partial charge in [0.25, 0.3) is 0 Å². The Hall–Kier alpha value is -2.12. The summed E-state index contributed by atoms with van der Waals surface area (Å²) in [6.07, 6.45) is 2.30. The number of morpholine rings is 1. The second-order valence-electron chi connectivity index (χ2n) is 6.01. The fraction of sp³-hybridized carbons (Fsp3) is 0.556. The van der Waals surface area contributed by atoms with Gasteiger partial charge in [0.15, 0.2) is 11.5 Å². The molecule has 0 radical (unpaired) electrons. The van der Waals surface area contributed by atoms with Gasteiger partial charge in [0.1, 0.15) is 6.04 Å². The zero-order chi connectivity index (χ0) is 17.6. The predicted octanol–water partition coefficient (Wildman–Crippen LogP) is 2.93. The van der Waals surface area contributed by atoms with Gasteiger partial charge < -0.3 is 18.7 Å². The molecule has 25 heavy (non-hydrogen) atoms. The molecule has 2 aromatic rings. The Kier molecular flexibility index (Phi) is 5.88. The number of ether oxygens (including phenoxy) is 3. The first-order valence-corrected chi connectivity index (χ1v) is 8.64. The van der Waals surface area contributed by atoms with Crippen LogP contribution in [0.15, 0.2) is 22.7 Å². The van der Waals surface area contributed by atoms with E-state index in [1.165, 1.54) is 0 Å². The van der Waals surface area contributed by atoms with Gasteiger partial charge in [-0.2, -0.15) is 4.98 Å². The molecule has 0 spiro atoms. The van der Waals surface area contributed by atoms with Gasteiger partial charge in [0.2, 0.25) is 11.7 Å². The quantitative estimate of drug-likeness (QED) is 0.762. The van der Waals surface area contributed by atoms with Crippen LogP contribution >= 0.6 is 0 Å². The Morgan fingerprint density at radius 3 is 2.84 bits per heavy atom. The van der Waals surface area contributed by atoms with E-state index in [9.17, 15) is 0 Å². The Labute approximate surface area is 147 Å². The number of nitrogens with zero attached hydrogens (tertiary/aromatic N) is 3. The van der Waals surface area contributed by atoms with E-state index in [2.05, 4.69) is 22.0 Å². The minimum Gasteiger partial charge on any atom is -0.493 e. The first kappa shape index (κ1) is 17.7. The summed E-state index contributed by atoms with van der Waals surface area (Å²) in [5, 5.41) is 4.14. The summed E-state index contributed by atoms with van der Waals surface area (Å²) in [5.41, 5.74) is 0.824. The lowest BCUT2D eigenvalue weighted by Gasteiger charge is -2.33. The van der Waals surface area contributed by atoms with E-state index in [1.54, 1.807) is 14.2 Å². The summed E-state index contributed by atoms with van der Waals surface area (Å²) < 4.78 is 21.8. The van der Waals surface area contributed by atoms with Crippen LogP contribution in [0.25, 0.3) is 11.4 Å². The number of methoxy groups -OCH3 is 2. The highest BCUT2D eigenvalue weighted by atomic mass is 16.5. The second-order valence-corrected chi connectivity index (χ2v) is 6.01. The largest absolute Gasteiger partial charge is 0.493 e. The van der Waals surface area contributed by atoms with Crippen molar-refractivity contribution in [3.63, 3.8) is 0 Å². The Bertz CT molecular complexity index is 689. The van der Waals surface area contributed by atoms with Gasteiger partial charge in [0, 0.05) is 12.1 Å². The molecular weight excluding hydrogens is 322 g/mol. The zero-order valence-electron chi connectivity index (χ0n) is 15.0. The summed E-state index contributed by atoms with van der Waals surface area (Å²) in [6.45, 7) is 5.42. The number of hydrogen-bond acceptors (Lipinski definition) is 7. The van der Waals surface area contributed by atoms with Crippen molar-refractivity contribution < 1.29 is 18.7 Å². The van der Waals surface area contributed by atoms with Gasteiger partial charge in [-0.25, -0.2) is 0 Å². The number of aromatic nitrogens is 2. The first-order valence-electron chi connectivity index (χ1n) is 8.64. The van der Waals surface area contributed by atoms with Crippen LogP contribution in [0.5, 0.6) is 11.5 Å². The maximum absolute atomic E-state index is 5.62. The van der Waals surface area contributed by atoms with Crippen LogP contribution in [0.1, 0.15) is 31.7 Å². The van der Waals surface area contributed by atoms with Gasteiger partial charge in [-0.05, 0) is 31.2 Å². The van der Waals surface area contributed by atoms with E-state index in [4.69, 9.17) is 18.7 Å². The minimum absolute atomic E-state index is 0.0155. The smallest absolute Gasteiger partial charge is 0.246 e. The van der Waals surface area contributed by atoms with Crippen molar-refractivity contribution in [3.8, 4) is 22.9 Å². The number of unbranched alkanes of at least 4 members (excludes halogenated alkanes) is 1. The van der Waals surface area contributed by atoms with Crippen molar-refractivity contribution in [2.75, 3.05) is 40.5 Å². The molecule has 136 valence electrons. The van der Waals surface area contributed by atoms with Crippen LogP contribution < -0.4 is 9.47 Å². The molecule has 0 unspecified atom stereocenters. The monoisotopic (exact) mass is 347 g/mol. The summed E-state index contributed by atoms with van der Waals surface area (Å²) in [6, 6.07) is 5.59. The maximum Gasteiger partial charge on any atom is 0.246 e. The standard InChI is InChI=1S/C18H25N3O4/c1-4-5-8-21-9-10-24-12-14(21)18-19-17(20-25-18)13-6-7-15(22-2)16(11-13)23-3/h6-7,11,14H,4-5,8-10,12H2,1-3H3/t14-/m1/s1. The highest BCUT2D eigenvalue weighted by Gasteiger charge is 2.29. The molecule has 2 heterocycles. The number of benzene rings is 1. The third kappa shape index (κ3) is 3.93. The third-order valence-electron chi connectivity index (χ3n) is 4.41. The summed E-state index contributed by atoms with van der Waals surface area (Å²) in [4.78, 5) is 6.96. The highest BCUT2D eigenvalue weighted by molar-refractivity contribution is 5.60. The summed E-state index contributed by atoms with van der Waals surface area (Å²) >= 11 is 0. The maximum atomic E-state index is 5.62. The van der Waals surface area contributed by atoms with Crippen LogP contribution in [0.3, 0.4) is 0 Å². The molecule has 0 bridgehead atoms. The topological polar surface area (TPSA) is 69.9 Å². The highest BCUT2D eigenvalue weighted by Crippen LogP contribution is 2.32. The molecule has 1 aliphatic rings. The molecule has 1 saturated heterocycles. The van der Waals surface area contributed by atoms with Crippen molar-refractivity contribution in [1.82, 2.24) is 15.0 Å². The van der Waals surface area contributed by atoms with E-state index in [0.29, 0.717) is 29.8 Å². The molecule has 1 aliphatic heterocycles. The van der Waals surface area contributed by atoms with Crippen molar-refractivity contribution in [2.24, 2.45) is 0 Å². The molecule has 1 atom stereocenters. The van der Waals surface area contributed by atoms with Crippen molar-refractivity contribution in [3.05, 3.63) is 24.1 Å². The summed E-state index contributed by atoms with van der Waals surface area (Å²) in [5.74, 6) is 2.44. The Morgan fingerprint density at radius 2 is 2.08 bits per heavy atom. The summed E-state index contributed by atoms with van der Waals surface area (Å²) in [7, 11) is 3.21. The normalized spacial score (nSPS) is 18.3. The molecule has 1 aromatic heterocycles. The molecule has 0 saturated carbocycles. The molecular formula is C18H25N3O4. The minimum atomic E-state index is 0.0155. The fourth-order valence-corrected chi connectivity index (χ4v) is 2.96. The fourth-order valence-electron chi connectivity index (χ4n) is 2.96. The van der Waals surface area contributed by atoms with Crippen LogP contribution in [-0.2, 0) is 4.74 Å². The van der Waals surface area contributed by atoms with Crippen molar-refractivity contribution in [1.29, 1.82) is 0 Å². The Morgan fingerprint density at radius 1 is 1.24 bits per heavy atom.